The summed E-state index contributed by atoms with van der Waals surface area (Å²) in [6.45, 7) is 0. The molecule has 6 heteroatoms. The van der Waals surface area contributed by atoms with E-state index >= 15 is 0 Å². The number of hydrogen-bond donors (Lipinski definition) is 1. The van der Waals surface area contributed by atoms with E-state index in [0.29, 0.717) is 11.5 Å². The number of hydrogen-bond acceptors (Lipinski definition) is 3. The lowest BCUT2D eigenvalue weighted by Crippen LogP contribution is -2.38. The number of nitrogens with one attached hydrogen (secondary N) is 1. The number of carbonyl (C=O) groups excluding carboxylic acids is 1. The summed E-state index contributed by atoms with van der Waals surface area (Å²) in [5, 5.41) is 13.8. The van der Waals surface area contributed by atoms with Crippen LogP contribution in [0.4, 0.5) is 5.69 Å². The summed E-state index contributed by atoms with van der Waals surface area (Å²) in [6, 6.07) is 4.18. The Morgan fingerprint density at radius 3 is 2.70 bits per heavy atom. The first kappa shape index (κ1) is 13.4. The van der Waals surface area contributed by atoms with Crippen LogP contribution < -0.4 is 5.32 Å². The zero-order chi connectivity index (χ0) is 14.3. The minimum Gasteiger partial charge on any atom is -0.349 e. The second-order valence-corrected chi connectivity index (χ2v) is 6.08. The lowest BCUT2D eigenvalue weighted by Gasteiger charge is -2.23. The van der Waals surface area contributed by atoms with Crippen LogP contribution in [0.2, 0.25) is 5.02 Å². The van der Waals surface area contributed by atoms with E-state index in [1.807, 2.05) is 0 Å². The summed E-state index contributed by atoms with van der Waals surface area (Å²) in [5.41, 5.74) is 0.200. The van der Waals surface area contributed by atoms with Gasteiger partial charge in [0, 0.05) is 18.2 Å². The van der Waals surface area contributed by atoms with Crippen molar-refractivity contribution in [3.05, 3.63) is 38.9 Å². The Kier molecular flexibility index (Phi) is 3.38. The maximum absolute atomic E-state index is 12.2. The van der Waals surface area contributed by atoms with Crippen molar-refractivity contribution in [2.24, 2.45) is 11.8 Å². The van der Waals surface area contributed by atoms with Gasteiger partial charge >= 0.3 is 0 Å². The third-order valence-corrected chi connectivity index (χ3v) is 4.78. The molecule has 1 aromatic rings. The van der Waals surface area contributed by atoms with E-state index in [9.17, 15) is 14.9 Å². The van der Waals surface area contributed by atoms with Gasteiger partial charge in [0.05, 0.1) is 15.5 Å². The first-order valence-electron chi connectivity index (χ1n) is 6.79. The molecule has 1 aromatic carbocycles. The molecule has 0 aliphatic heterocycles. The van der Waals surface area contributed by atoms with E-state index in [1.54, 1.807) is 0 Å². The fourth-order valence-electron chi connectivity index (χ4n) is 3.47. The third kappa shape index (κ3) is 2.38. The van der Waals surface area contributed by atoms with Gasteiger partial charge in [-0.15, -0.1) is 0 Å². The maximum atomic E-state index is 12.2. The zero-order valence-corrected chi connectivity index (χ0v) is 11.6. The largest absolute Gasteiger partial charge is 0.349 e. The van der Waals surface area contributed by atoms with E-state index in [2.05, 4.69) is 5.32 Å². The van der Waals surface area contributed by atoms with E-state index in [1.165, 1.54) is 37.5 Å². The van der Waals surface area contributed by atoms with E-state index in [0.717, 1.165) is 12.3 Å². The van der Waals surface area contributed by atoms with Gasteiger partial charge in [-0.05, 0) is 37.2 Å². The summed E-state index contributed by atoms with van der Waals surface area (Å²) in [7, 11) is 0. The van der Waals surface area contributed by atoms with Gasteiger partial charge in [-0.3, -0.25) is 14.9 Å². The number of rotatable bonds is 3. The number of nitro groups is 1. The molecular weight excluding hydrogens is 280 g/mol. The summed E-state index contributed by atoms with van der Waals surface area (Å²) < 4.78 is 0. The molecule has 2 aliphatic carbocycles. The Hall–Kier alpha value is -1.62. The van der Waals surface area contributed by atoms with Gasteiger partial charge in [-0.2, -0.15) is 0 Å². The average molecular weight is 295 g/mol. The molecule has 0 unspecified atom stereocenters. The molecule has 3 rings (SSSR count). The van der Waals surface area contributed by atoms with Crippen molar-refractivity contribution in [2.75, 3.05) is 0 Å². The van der Waals surface area contributed by atoms with Crippen LogP contribution in [-0.2, 0) is 0 Å². The van der Waals surface area contributed by atoms with Crippen molar-refractivity contribution >= 4 is 23.2 Å². The molecule has 106 valence electrons. The van der Waals surface area contributed by atoms with Crippen molar-refractivity contribution in [3.8, 4) is 0 Å². The number of benzene rings is 1. The average Bonchev–Trinajstić information content (AvgIpc) is 3.00. The number of carbonyl (C=O) groups is 1. The summed E-state index contributed by atoms with van der Waals surface area (Å²) in [5.74, 6) is 1.10. The molecule has 0 aromatic heterocycles. The fraction of sp³-hybridized carbons (Fsp3) is 0.500. The van der Waals surface area contributed by atoms with E-state index in [4.69, 9.17) is 11.6 Å². The van der Waals surface area contributed by atoms with Gasteiger partial charge < -0.3 is 5.32 Å². The number of amides is 1. The Morgan fingerprint density at radius 2 is 2.15 bits per heavy atom. The molecule has 3 atom stereocenters. The Balaban J connectivity index is 1.72. The summed E-state index contributed by atoms with van der Waals surface area (Å²) in [6.07, 6.45) is 4.71. The van der Waals surface area contributed by atoms with Crippen molar-refractivity contribution in [1.82, 2.24) is 5.32 Å². The lowest BCUT2D eigenvalue weighted by molar-refractivity contribution is -0.384. The first-order valence-corrected chi connectivity index (χ1v) is 7.17. The van der Waals surface area contributed by atoms with Gasteiger partial charge in [0.1, 0.15) is 0 Å². The van der Waals surface area contributed by atoms with Crippen LogP contribution >= 0.6 is 11.6 Å². The van der Waals surface area contributed by atoms with Crippen LogP contribution in [0.3, 0.4) is 0 Å². The predicted octanol–water partition coefficient (Wildman–Crippen LogP) is 3.17. The van der Waals surface area contributed by atoms with Crippen molar-refractivity contribution in [3.63, 3.8) is 0 Å². The van der Waals surface area contributed by atoms with Crippen LogP contribution in [0.5, 0.6) is 0 Å². The number of nitrogens with zero attached hydrogens (tertiary/aromatic N) is 1. The molecule has 2 bridgehead atoms. The Bertz CT molecular complexity index is 576. The minimum absolute atomic E-state index is 0.105. The Labute approximate surface area is 121 Å². The molecule has 1 N–H and O–H groups in total. The highest BCUT2D eigenvalue weighted by Crippen LogP contribution is 2.44. The van der Waals surface area contributed by atoms with Gasteiger partial charge in [0.25, 0.3) is 11.6 Å². The van der Waals surface area contributed by atoms with Gasteiger partial charge in [0.2, 0.25) is 0 Å². The fourth-order valence-corrected chi connectivity index (χ4v) is 3.73. The highest BCUT2D eigenvalue weighted by atomic mass is 35.5. The van der Waals surface area contributed by atoms with Crippen molar-refractivity contribution in [1.29, 1.82) is 0 Å². The van der Waals surface area contributed by atoms with Crippen LogP contribution in [0.25, 0.3) is 0 Å². The summed E-state index contributed by atoms with van der Waals surface area (Å²) >= 11 is 5.97. The van der Waals surface area contributed by atoms with E-state index < -0.39 is 4.92 Å². The van der Waals surface area contributed by atoms with Gasteiger partial charge in [0.15, 0.2) is 0 Å². The second-order valence-electron chi connectivity index (χ2n) is 5.68. The SMILES string of the molecule is O=C(N[C@@H]1C[C@H]2CC[C@@H]1C2)c1ccc([N+](=O)[O-])cc1Cl. The van der Waals surface area contributed by atoms with Crippen molar-refractivity contribution in [2.45, 2.75) is 31.7 Å². The number of halogens is 1. The first-order chi connectivity index (χ1) is 9.54. The molecule has 5 nitrogen and oxygen atoms in total. The molecule has 0 saturated heterocycles. The maximum Gasteiger partial charge on any atom is 0.270 e. The highest BCUT2D eigenvalue weighted by molar-refractivity contribution is 6.34. The lowest BCUT2D eigenvalue weighted by atomic mass is 9.95. The quantitative estimate of drug-likeness (QED) is 0.687. The van der Waals surface area contributed by atoms with Crippen LogP contribution in [0.1, 0.15) is 36.0 Å². The van der Waals surface area contributed by atoms with Crippen molar-refractivity contribution < 1.29 is 9.72 Å². The van der Waals surface area contributed by atoms with Gasteiger partial charge in [-0.25, -0.2) is 0 Å². The topological polar surface area (TPSA) is 72.2 Å². The predicted molar refractivity (Wildman–Crippen MR) is 74.8 cm³/mol. The molecule has 20 heavy (non-hydrogen) atoms. The molecule has 2 saturated carbocycles. The Morgan fingerprint density at radius 1 is 1.35 bits per heavy atom. The minimum atomic E-state index is -0.524. The molecule has 0 radical (unpaired) electrons. The van der Waals surface area contributed by atoms with E-state index in [-0.39, 0.29) is 22.7 Å². The van der Waals surface area contributed by atoms with Crippen LogP contribution in [0.15, 0.2) is 18.2 Å². The molecule has 0 spiro atoms. The smallest absolute Gasteiger partial charge is 0.270 e. The molecule has 2 aliphatic rings. The van der Waals surface area contributed by atoms with Crippen LogP contribution in [0, 0.1) is 22.0 Å². The third-order valence-electron chi connectivity index (χ3n) is 4.46. The monoisotopic (exact) mass is 294 g/mol. The highest BCUT2D eigenvalue weighted by Gasteiger charge is 2.40. The normalized spacial score (nSPS) is 27.6. The molecular formula is C14H15ClN2O3. The molecule has 0 heterocycles. The second kappa shape index (κ2) is 5.05. The number of non-ortho nitro benzene ring substituents is 1. The van der Waals surface area contributed by atoms with Crippen LogP contribution in [-0.4, -0.2) is 16.9 Å². The zero-order valence-electron chi connectivity index (χ0n) is 10.8. The molecule has 1 amide bonds. The van der Waals surface area contributed by atoms with Gasteiger partial charge in [-0.1, -0.05) is 18.0 Å². The number of fused-ring (bicyclic) bond motifs is 2. The summed E-state index contributed by atoms with van der Waals surface area (Å²) in [4.78, 5) is 22.3. The standard InChI is InChI=1S/C14H15ClN2O3/c15-12-7-10(17(19)20)3-4-11(12)14(18)16-13-6-8-1-2-9(13)5-8/h3-4,7-9,13H,1-2,5-6H2,(H,16,18)/t8-,9+,13+/m0/s1. The number of nitro benzene ring substituents is 1. The molecule has 2 fully saturated rings.